The lowest BCUT2D eigenvalue weighted by Gasteiger charge is -2.03. The standard InChI is InChI=1S/C8H6F2O2/c9-6-2-1-3-7(10)8(6)12-5-4-11/h1-4H,5H2. The Morgan fingerprint density at radius 3 is 2.42 bits per heavy atom. The normalized spacial score (nSPS) is 9.50. The zero-order valence-corrected chi connectivity index (χ0v) is 6.09. The molecule has 0 radical (unpaired) electrons. The van der Waals surface area contributed by atoms with Crippen LogP contribution in [-0.2, 0) is 4.79 Å². The average Bonchev–Trinajstić information content (AvgIpc) is 2.04. The number of hydrogen-bond acceptors (Lipinski definition) is 2. The van der Waals surface area contributed by atoms with Crippen LogP contribution in [0.15, 0.2) is 18.2 Å². The molecule has 12 heavy (non-hydrogen) atoms. The summed E-state index contributed by atoms with van der Waals surface area (Å²) in [6.07, 6.45) is 0.422. The quantitative estimate of drug-likeness (QED) is 0.646. The van der Waals surface area contributed by atoms with Crippen LogP contribution in [0.25, 0.3) is 0 Å². The van der Waals surface area contributed by atoms with E-state index >= 15 is 0 Å². The first-order chi connectivity index (χ1) is 5.75. The minimum atomic E-state index is -0.808. The van der Waals surface area contributed by atoms with Crippen LogP contribution < -0.4 is 4.74 Å². The summed E-state index contributed by atoms with van der Waals surface area (Å²) < 4.78 is 29.9. The van der Waals surface area contributed by atoms with E-state index in [1.165, 1.54) is 6.07 Å². The Morgan fingerprint density at radius 1 is 1.33 bits per heavy atom. The summed E-state index contributed by atoms with van der Waals surface area (Å²) in [5.74, 6) is -2.13. The van der Waals surface area contributed by atoms with E-state index < -0.39 is 17.4 Å². The fraction of sp³-hybridized carbons (Fsp3) is 0.125. The van der Waals surface area contributed by atoms with Gasteiger partial charge in [-0.1, -0.05) is 6.07 Å². The van der Waals surface area contributed by atoms with Gasteiger partial charge in [-0.05, 0) is 12.1 Å². The van der Waals surface area contributed by atoms with Gasteiger partial charge in [0, 0.05) is 0 Å². The minimum absolute atomic E-state index is 0.349. The zero-order chi connectivity index (χ0) is 8.97. The van der Waals surface area contributed by atoms with Crippen LogP contribution in [0.1, 0.15) is 0 Å². The van der Waals surface area contributed by atoms with Crippen LogP contribution in [0.4, 0.5) is 8.78 Å². The van der Waals surface area contributed by atoms with Crippen molar-refractivity contribution in [3.05, 3.63) is 29.8 Å². The number of halogens is 2. The molecule has 0 spiro atoms. The molecule has 0 bridgehead atoms. The van der Waals surface area contributed by atoms with Gasteiger partial charge in [-0.25, -0.2) is 8.78 Å². The predicted octanol–water partition coefficient (Wildman–Crippen LogP) is 1.54. The fourth-order valence-corrected chi connectivity index (χ4v) is 0.738. The Bertz CT molecular complexity index is 266. The van der Waals surface area contributed by atoms with Crippen molar-refractivity contribution >= 4 is 6.29 Å². The number of hydrogen-bond donors (Lipinski definition) is 0. The van der Waals surface area contributed by atoms with Gasteiger partial charge in [0.1, 0.15) is 6.61 Å². The lowest BCUT2D eigenvalue weighted by molar-refractivity contribution is -0.109. The van der Waals surface area contributed by atoms with E-state index in [0.717, 1.165) is 12.1 Å². The molecule has 2 nitrogen and oxygen atoms in total. The molecule has 0 aliphatic carbocycles. The maximum Gasteiger partial charge on any atom is 0.191 e. The monoisotopic (exact) mass is 172 g/mol. The third-order valence-corrected chi connectivity index (χ3v) is 1.21. The molecule has 0 atom stereocenters. The smallest absolute Gasteiger partial charge is 0.191 e. The summed E-state index contributed by atoms with van der Waals surface area (Å²) in [5, 5.41) is 0. The van der Waals surface area contributed by atoms with Crippen molar-refractivity contribution in [1.29, 1.82) is 0 Å². The molecule has 0 aliphatic rings. The van der Waals surface area contributed by atoms with Gasteiger partial charge in [-0.2, -0.15) is 0 Å². The zero-order valence-electron chi connectivity index (χ0n) is 6.09. The van der Waals surface area contributed by atoms with Gasteiger partial charge in [0.25, 0.3) is 0 Å². The second-order valence-corrected chi connectivity index (χ2v) is 2.03. The molecule has 0 saturated heterocycles. The molecule has 0 heterocycles. The van der Waals surface area contributed by atoms with Crippen molar-refractivity contribution < 1.29 is 18.3 Å². The van der Waals surface area contributed by atoms with Gasteiger partial charge in [0.2, 0.25) is 0 Å². The number of benzene rings is 1. The Kier molecular flexibility index (Phi) is 2.74. The Hall–Kier alpha value is -1.45. The topological polar surface area (TPSA) is 26.3 Å². The summed E-state index contributed by atoms with van der Waals surface area (Å²) in [5.41, 5.74) is 0. The van der Waals surface area contributed by atoms with Gasteiger partial charge in [0.05, 0.1) is 0 Å². The van der Waals surface area contributed by atoms with Gasteiger partial charge in [-0.3, -0.25) is 4.79 Å². The van der Waals surface area contributed by atoms with E-state index in [1.54, 1.807) is 0 Å². The Labute approximate surface area is 67.8 Å². The molecular weight excluding hydrogens is 166 g/mol. The molecular formula is C8H6F2O2. The summed E-state index contributed by atoms with van der Waals surface area (Å²) in [6, 6.07) is 3.34. The molecule has 0 aliphatic heterocycles. The molecule has 0 unspecified atom stereocenters. The van der Waals surface area contributed by atoms with E-state index in [1.807, 2.05) is 0 Å². The lowest BCUT2D eigenvalue weighted by Crippen LogP contribution is -2.01. The van der Waals surface area contributed by atoms with Crippen molar-refractivity contribution in [3.63, 3.8) is 0 Å². The molecule has 0 amide bonds. The molecule has 0 saturated carbocycles. The van der Waals surface area contributed by atoms with Crippen LogP contribution in [0.5, 0.6) is 5.75 Å². The Morgan fingerprint density at radius 2 is 1.92 bits per heavy atom. The minimum Gasteiger partial charge on any atom is -0.480 e. The summed E-state index contributed by atoms with van der Waals surface area (Å²) >= 11 is 0. The maximum absolute atomic E-state index is 12.7. The van der Waals surface area contributed by atoms with Crippen LogP contribution in [-0.4, -0.2) is 12.9 Å². The molecule has 64 valence electrons. The highest BCUT2D eigenvalue weighted by Crippen LogP contribution is 2.20. The second-order valence-electron chi connectivity index (χ2n) is 2.03. The number of ether oxygens (including phenoxy) is 1. The largest absolute Gasteiger partial charge is 0.480 e. The van der Waals surface area contributed by atoms with Gasteiger partial charge in [0.15, 0.2) is 23.7 Å². The first-order valence-electron chi connectivity index (χ1n) is 3.26. The van der Waals surface area contributed by atoms with E-state index in [2.05, 4.69) is 4.74 Å². The average molecular weight is 172 g/mol. The Balaban J connectivity index is 2.88. The first-order valence-corrected chi connectivity index (χ1v) is 3.26. The summed E-state index contributed by atoms with van der Waals surface area (Å²) in [7, 11) is 0. The second kappa shape index (κ2) is 3.80. The van der Waals surface area contributed by atoms with Gasteiger partial charge >= 0.3 is 0 Å². The summed E-state index contributed by atoms with van der Waals surface area (Å²) in [6.45, 7) is -0.349. The molecule has 4 heteroatoms. The predicted molar refractivity (Wildman–Crippen MR) is 37.9 cm³/mol. The van der Waals surface area contributed by atoms with Crippen molar-refractivity contribution in [3.8, 4) is 5.75 Å². The van der Waals surface area contributed by atoms with Gasteiger partial charge < -0.3 is 4.74 Å². The van der Waals surface area contributed by atoms with E-state index in [0.29, 0.717) is 6.29 Å². The fourth-order valence-electron chi connectivity index (χ4n) is 0.738. The van der Waals surface area contributed by atoms with Crippen molar-refractivity contribution in [2.24, 2.45) is 0 Å². The van der Waals surface area contributed by atoms with Crippen LogP contribution >= 0.6 is 0 Å². The molecule has 1 rings (SSSR count). The van der Waals surface area contributed by atoms with Crippen molar-refractivity contribution in [2.75, 3.05) is 6.61 Å². The van der Waals surface area contributed by atoms with Crippen molar-refractivity contribution in [2.45, 2.75) is 0 Å². The number of para-hydroxylation sites is 1. The van der Waals surface area contributed by atoms with Crippen molar-refractivity contribution in [1.82, 2.24) is 0 Å². The number of rotatable bonds is 3. The van der Waals surface area contributed by atoms with E-state index in [9.17, 15) is 13.6 Å². The SMILES string of the molecule is O=CCOc1c(F)cccc1F. The third-order valence-electron chi connectivity index (χ3n) is 1.21. The molecule has 0 aromatic heterocycles. The first kappa shape index (κ1) is 8.64. The maximum atomic E-state index is 12.7. The highest BCUT2D eigenvalue weighted by atomic mass is 19.1. The van der Waals surface area contributed by atoms with Crippen LogP contribution in [0.2, 0.25) is 0 Å². The van der Waals surface area contributed by atoms with E-state index in [-0.39, 0.29) is 6.61 Å². The highest BCUT2D eigenvalue weighted by Gasteiger charge is 2.08. The lowest BCUT2D eigenvalue weighted by atomic mass is 10.3. The van der Waals surface area contributed by atoms with Gasteiger partial charge in [-0.15, -0.1) is 0 Å². The van der Waals surface area contributed by atoms with Crippen LogP contribution in [0.3, 0.4) is 0 Å². The molecule has 0 fully saturated rings. The molecule has 1 aromatic rings. The van der Waals surface area contributed by atoms with E-state index in [4.69, 9.17) is 0 Å². The summed E-state index contributed by atoms with van der Waals surface area (Å²) in [4.78, 5) is 9.83. The number of aldehydes is 1. The number of carbonyl (C=O) groups is 1. The third kappa shape index (κ3) is 1.78. The molecule has 0 N–H and O–H groups in total. The highest BCUT2D eigenvalue weighted by molar-refractivity contribution is 5.51. The molecule has 1 aromatic carbocycles. The van der Waals surface area contributed by atoms with Crippen LogP contribution in [0, 0.1) is 11.6 Å². The number of carbonyl (C=O) groups excluding carboxylic acids is 1.